The fraction of sp³-hybridized carbons (Fsp3) is 0. The average molecular weight is 267 g/mol. The van der Waals surface area contributed by atoms with E-state index in [4.69, 9.17) is 0 Å². The van der Waals surface area contributed by atoms with Gasteiger partial charge in [0.2, 0.25) is 0 Å². The van der Waals surface area contributed by atoms with Gasteiger partial charge < -0.3 is 21.9 Å². The predicted molar refractivity (Wildman–Crippen MR) is 2.75 cm³/mol. The van der Waals surface area contributed by atoms with E-state index in [1.807, 2.05) is 0 Å². The zero-order valence-corrected chi connectivity index (χ0v) is 6.28. The molecule has 0 saturated heterocycles. The maximum atomic E-state index is 0. The molecule has 0 heterocycles. The van der Waals surface area contributed by atoms with Crippen LogP contribution in [0.1, 0.15) is 0 Å². The first-order valence-corrected chi connectivity index (χ1v) is 0. The molecule has 0 saturated carbocycles. The van der Waals surface area contributed by atoms with Crippen LogP contribution in [0.4, 0.5) is 0 Å². The van der Waals surface area contributed by atoms with Crippen LogP contribution in [0.2, 0.25) is 0 Å². The van der Waals surface area contributed by atoms with Crippen LogP contribution in [-0.2, 0) is 40.5 Å². The summed E-state index contributed by atoms with van der Waals surface area (Å²) in [6.45, 7) is 0. The normalized spacial score (nSPS) is 0. The van der Waals surface area contributed by atoms with Crippen LogP contribution in [-0.4, -0.2) is 0 Å². The van der Waals surface area contributed by atoms with E-state index in [2.05, 4.69) is 0 Å². The Kier molecular flexibility index (Phi) is 1020. The van der Waals surface area contributed by atoms with E-state index in [9.17, 15) is 0 Å². The van der Waals surface area contributed by atoms with Crippen LogP contribution >= 0.6 is 0 Å². The third-order valence-corrected chi connectivity index (χ3v) is 0. The Morgan fingerprint density at radius 3 is 0.500 bits per heavy atom. The molecule has 0 spiro atoms. The molecule has 6 heavy (non-hydrogen) atoms. The van der Waals surface area contributed by atoms with Gasteiger partial charge in [-0.15, -0.1) is 0 Å². The third-order valence-electron chi connectivity index (χ3n) is 0. The van der Waals surface area contributed by atoms with Crippen molar-refractivity contribution < 1.29 is 89.8 Å². The zero-order chi connectivity index (χ0) is 0. The molecule has 0 aliphatic rings. The molecule has 0 rings (SSSR count). The van der Waals surface area contributed by atoms with Crippen LogP contribution in [0.3, 0.4) is 0 Å². The number of hydrogen-bond donors (Lipinski definition) is 0. The summed E-state index contributed by atoms with van der Waals surface area (Å²) in [6, 6.07) is 0. The second-order valence-corrected chi connectivity index (χ2v) is 0. The van der Waals surface area contributed by atoms with Gasteiger partial charge in [-0.2, -0.15) is 0 Å². The first-order valence-electron chi connectivity index (χ1n) is 0. The van der Waals surface area contributed by atoms with E-state index in [-0.39, 0.29) is 89.8 Å². The molecule has 0 aliphatic heterocycles. The van der Waals surface area contributed by atoms with Crippen LogP contribution in [0.25, 0.3) is 0 Å². The summed E-state index contributed by atoms with van der Waals surface area (Å²) in [6.07, 6.45) is 0. The summed E-state index contributed by atoms with van der Waals surface area (Å²) in [5.74, 6) is 0. The van der Waals surface area contributed by atoms with Crippen LogP contribution in [0.5, 0.6) is 0 Å². The first kappa shape index (κ1) is 97.5. The van der Waals surface area contributed by atoms with Crippen molar-refractivity contribution in [2.75, 3.05) is 0 Å². The maximum absolute atomic E-state index is 0. The molecule has 0 radical (unpaired) electrons. The molecule has 0 amide bonds. The van der Waals surface area contributed by atoms with E-state index in [0.29, 0.717) is 0 Å². The van der Waals surface area contributed by atoms with Gasteiger partial charge in [0.15, 0.2) is 0 Å². The van der Waals surface area contributed by atoms with E-state index in [1.54, 1.807) is 0 Å². The van der Waals surface area contributed by atoms with E-state index >= 15 is 0 Å². The van der Waals surface area contributed by atoms with Gasteiger partial charge in [-0.25, -0.2) is 0 Å². The van der Waals surface area contributed by atoms with Gasteiger partial charge >= 0.3 is 67.9 Å². The molecular weight excluding hydrogens is 267 g/mol. The fourth-order valence-corrected chi connectivity index (χ4v) is 0. The molecule has 0 atom stereocenters. The van der Waals surface area contributed by atoms with Crippen molar-refractivity contribution in [3.8, 4) is 0 Å². The summed E-state index contributed by atoms with van der Waals surface area (Å²) < 4.78 is 0. The van der Waals surface area contributed by atoms with Gasteiger partial charge in [-0.05, 0) is 0 Å². The summed E-state index contributed by atoms with van der Waals surface area (Å²) in [7, 11) is 0. The van der Waals surface area contributed by atoms with Crippen molar-refractivity contribution in [1.29, 1.82) is 0 Å². The molecule has 36 valence electrons. The van der Waals surface area contributed by atoms with Gasteiger partial charge in [-0.1, -0.05) is 0 Å². The molecule has 0 bridgehead atoms. The smallest absolute Gasteiger partial charge is 2.00 e. The Bertz CT molecular complexity index is 7.51. The van der Waals surface area contributed by atoms with E-state index in [0.717, 1.165) is 0 Å². The fourth-order valence-electron chi connectivity index (χ4n) is 0. The Balaban J connectivity index is 0. The molecule has 0 aromatic carbocycles. The van der Waals surface area contributed by atoms with Gasteiger partial charge in [0.25, 0.3) is 0 Å². The van der Waals surface area contributed by atoms with E-state index < -0.39 is 0 Å². The molecule has 0 aliphatic carbocycles. The van der Waals surface area contributed by atoms with Gasteiger partial charge in [-0.3, -0.25) is 0 Å². The van der Waals surface area contributed by atoms with Crippen molar-refractivity contribution in [3.63, 3.8) is 0 Å². The van der Waals surface area contributed by atoms with Crippen molar-refractivity contribution in [3.05, 3.63) is 0 Å². The summed E-state index contributed by atoms with van der Waals surface area (Å²) in [4.78, 5) is 0. The molecule has 0 unspecified atom stereocenters. The Morgan fingerprint density at radius 2 is 0.500 bits per heavy atom. The zero-order valence-electron chi connectivity index (χ0n) is 2.46. The summed E-state index contributed by atoms with van der Waals surface area (Å²) in [5, 5.41) is 0. The molecule has 0 aromatic heterocycles. The Hall–Kier alpha value is 2.01. The SMILES string of the molecule is [Eu+3].[O-2].[O-2].[O-2].[O-2].[V+5]. The minimum atomic E-state index is 0. The maximum Gasteiger partial charge on any atom is 5.00 e. The quantitative estimate of drug-likeness (QED) is 0.564. The Labute approximate surface area is 88.3 Å². The standard InChI is InChI=1S/Eu.4O.V/q+3;4*-2;+5. The predicted octanol–water partition coefficient (Wildman–Crippen LogP) is -0.478. The van der Waals surface area contributed by atoms with Gasteiger partial charge in [0.1, 0.15) is 0 Å². The Morgan fingerprint density at radius 1 is 0.500 bits per heavy atom. The number of hydrogen-bond acceptors (Lipinski definition) is 0. The molecule has 4 nitrogen and oxygen atoms in total. The minimum absolute atomic E-state index is 0. The van der Waals surface area contributed by atoms with Crippen molar-refractivity contribution in [2.24, 2.45) is 0 Å². The summed E-state index contributed by atoms with van der Waals surface area (Å²) in [5.41, 5.74) is 0. The second-order valence-electron chi connectivity index (χ2n) is 0. The van der Waals surface area contributed by atoms with E-state index in [1.165, 1.54) is 0 Å². The minimum Gasteiger partial charge on any atom is -2.00 e. The van der Waals surface area contributed by atoms with Crippen molar-refractivity contribution in [1.82, 2.24) is 0 Å². The first-order chi connectivity index (χ1) is 0. The molecular formula is EuO4V. The van der Waals surface area contributed by atoms with Gasteiger partial charge in [0, 0.05) is 0 Å². The second kappa shape index (κ2) is 62.7. The molecule has 0 N–H and O–H groups in total. The van der Waals surface area contributed by atoms with Crippen molar-refractivity contribution in [2.45, 2.75) is 0 Å². The summed E-state index contributed by atoms with van der Waals surface area (Å²) >= 11 is 0. The molecule has 6 heteroatoms. The largest absolute Gasteiger partial charge is 5.00 e. The topological polar surface area (TPSA) is 114 Å². The van der Waals surface area contributed by atoms with Gasteiger partial charge in [0.05, 0.1) is 0 Å². The van der Waals surface area contributed by atoms with Crippen LogP contribution in [0.15, 0.2) is 0 Å². The van der Waals surface area contributed by atoms with Crippen LogP contribution < -0.4 is 0 Å². The number of rotatable bonds is 0. The molecule has 0 aromatic rings. The monoisotopic (exact) mass is 268 g/mol. The average Bonchev–Trinajstić information content (AvgIpc) is 0. The molecule has 0 fully saturated rings. The third kappa shape index (κ3) is 37.4. The van der Waals surface area contributed by atoms with Crippen molar-refractivity contribution >= 4 is 0 Å². The van der Waals surface area contributed by atoms with Crippen LogP contribution in [0, 0.1) is 49.4 Å².